The number of carbonyl (C=O) groups is 2. The second-order valence-corrected chi connectivity index (χ2v) is 7.52. The molecule has 0 atom stereocenters. The molecule has 31 heavy (non-hydrogen) atoms. The Labute approximate surface area is 182 Å². The average Bonchev–Trinajstić information content (AvgIpc) is 2.79. The Morgan fingerprint density at radius 3 is 2.55 bits per heavy atom. The van der Waals surface area contributed by atoms with Crippen molar-refractivity contribution in [2.75, 3.05) is 43.1 Å². The lowest BCUT2D eigenvalue weighted by Crippen LogP contribution is -2.33. The first-order valence-electron chi connectivity index (χ1n) is 10.9. The van der Waals surface area contributed by atoms with Crippen LogP contribution in [0.4, 0.5) is 15.8 Å². The van der Waals surface area contributed by atoms with E-state index in [0.717, 1.165) is 38.0 Å². The number of piperidine rings is 1. The number of halogens is 1. The van der Waals surface area contributed by atoms with E-state index >= 15 is 0 Å². The molecule has 1 aliphatic heterocycles. The zero-order chi connectivity index (χ0) is 22.1. The third-order valence-electron chi connectivity index (χ3n) is 5.27. The topological polar surface area (TPSA) is 70.7 Å². The van der Waals surface area contributed by atoms with Crippen LogP contribution in [-0.2, 0) is 4.74 Å². The molecular formula is C24H30FN3O3. The maximum absolute atomic E-state index is 13.9. The number of benzene rings is 2. The van der Waals surface area contributed by atoms with Gasteiger partial charge in [0, 0.05) is 44.2 Å². The standard InChI is InChI=1S/C24H30FN3O3/c1-2-31-16-8-13-26-23(29)20-17-18(11-12-22(20)28-14-6-3-7-15-28)27-24(30)19-9-4-5-10-21(19)25/h4-5,9-12,17H,2-3,6-8,13-16H2,1H3,(H,26,29)(H,27,30). The van der Waals surface area contributed by atoms with Gasteiger partial charge in [-0.2, -0.15) is 0 Å². The smallest absolute Gasteiger partial charge is 0.258 e. The zero-order valence-corrected chi connectivity index (χ0v) is 18.0. The number of nitrogens with zero attached hydrogens (tertiary/aromatic N) is 1. The Morgan fingerprint density at radius 2 is 1.81 bits per heavy atom. The van der Waals surface area contributed by atoms with Crippen LogP contribution in [0.3, 0.4) is 0 Å². The number of nitrogens with one attached hydrogen (secondary N) is 2. The predicted molar refractivity (Wildman–Crippen MR) is 120 cm³/mol. The molecule has 3 rings (SSSR count). The van der Waals surface area contributed by atoms with Crippen LogP contribution >= 0.6 is 0 Å². The number of hydrogen-bond acceptors (Lipinski definition) is 4. The molecule has 2 amide bonds. The molecule has 166 valence electrons. The van der Waals surface area contributed by atoms with Crippen LogP contribution in [0.15, 0.2) is 42.5 Å². The second-order valence-electron chi connectivity index (χ2n) is 7.52. The molecule has 2 N–H and O–H groups in total. The number of anilines is 2. The Hall–Kier alpha value is -2.93. The van der Waals surface area contributed by atoms with Gasteiger partial charge in [-0.1, -0.05) is 12.1 Å². The van der Waals surface area contributed by atoms with Gasteiger partial charge in [0.2, 0.25) is 0 Å². The summed E-state index contributed by atoms with van der Waals surface area (Å²) in [6.07, 6.45) is 4.08. The van der Waals surface area contributed by atoms with E-state index in [1.807, 2.05) is 13.0 Å². The summed E-state index contributed by atoms with van der Waals surface area (Å²) in [4.78, 5) is 27.7. The van der Waals surface area contributed by atoms with Crippen molar-refractivity contribution in [3.8, 4) is 0 Å². The minimum Gasteiger partial charge on any atom is -0.382 e. The van der Waals surface area contributed by atoms with E-state index in [1.54, 1.807) is 18.2 Å². The molecule has 6 nitrogen and oxygen atoms in total. The summed E-state index contributed by atoms with van der Waals surface area (Å²) in [6, 6.07) is 11.1. The van der Waals surface area contributed by atoms with Crippen LogP contribution in [0, 0.1) is 5.82 Å². The molecule has 1 saturated heterocycles. The van der Waals surface area contributed by atoms with E-state index in [-0.39, 0.29) is 11.5 Å². The minimum atomic E-state index is -0.586. The van der Waals surface area contributed by atoms with Crippen molar-refractivity contribution >= 4 is 23.2 Å². The SMILES string of the molecule is CCOCCCNC(=O)c1cc(NC(=O)c2ccccc2F)ccc1N1CCCCC1. The van der Waals surface area contributed by atoms with Crippen molar-refractivity contribution in [1.82, 2.24) is 5.32 Å². The highest BCUT2D eigenvalue weighted by atomic mass is 19.1. The fourth-order valence-electron chi connectivity index (χ4n) is 3.67. The highest BCUT2D eigenvalue weighted by molar-refractivity contribution is 6.06. The van der Waals surface area contributed by atoms with Crippen LogP contribution in [0.5, 0.6) is 0 Å². The highest BCUT2D eigenvalue weighted by Gasteiger charge is 2.20. The van der Waals surface area contributed by atoms with Gasteiger partial charge in [0.15, 0.2) is 0 Å². The summed E-state index contributed by atoms with van der Waals surface area (Å²) < 4.78 is 19.3. The number of carbonyl (C=O) groups excluding carboxylic acids is 2. The lowest BCUT2D eigenvalue weighted by atomic mass is 10.1. The van der Waals surface area contributed by atoms with Crippen molar-refractivity contribution in [1.29, 1.82) is 0 Å². The lowest BCUT2D eigenvalue weighted by molar-refractivity contribution is 0.0943. The number of rotatable bonds is 9. The molecule has 2 aromatic carbocycles. The molecule has 0 bridgehead atoms. The molecule has 0 aliphatic carbocycles. The molecule has 0 saturated carbocycles. The number of hydrogen-bond donors (Lipinski definition) is 2. The zero-order valence-electron chi connectivity index (χ0n) is 18.0. The number of ether oxygens (including phenoxy) is 1. The van der Waals surface area contributed by atoms with E-state index in [1.165, 1.54) is 24.6 Å². The molecule has 1 heterocycles. The first-order valence-corrected chi connectivity index (χ1v) is 10.9. The third-order valence-corrected chi connectivity index (χ3v) is 5.27. The Bertz CT molecular complexity index is 897. The molecule has 7 heteroatoms. The monoisotopic (exact) mass is 427 g/mol. The fraction of sp³-hybridized carbons (Fsp3) is 0.417. The van der Waals surface area contributed by atoms with Gasteiger partial charge in [-0.3, -0.25) is 9.59 Å². The summed E-state index contributed by atoms with van der Waals surface area (Å²) in [7, 11) is 0. The number of amides is 2. The Kier molecular flexibility index (Phi) is 8.41. The largest absolute Gasteiger partial charge is 0.382 e. The summed E-state index contributed by atoms with van der Waals surface area (Å²) in [5, 5.41) is 5.65. The van der Waals surface area contributed by atoms with E-state index in [4.69, 9.17) is 4.74 Å². The Morgan fingerprint density at radius 1 is 1.03 bits per heavy atom. The van der Waals surface area contributed by atoms with Gasteiger partial charge < -0.3 is 20.3 Å². The lowest BCUT2D eigenvalue weighted by Gasteiger charge is -2.30. The van der Waals surface area contributed by atoms with Gasteiger partial charge in [0.25, 0.3) is 11.8 Å². The fourth-order valence-corrected chi connectivity index (χ4v) is 3.67. The van der Waals surface area contributed by atoms with Crippen molar-refractivity contribution in [2.24, 2.45) is 0 Å². The van der Waals surface area contributed by atoms with Gasteiger partial charge in [-0.05, 0) is 62.9 Å². The van der Waals surface area contributed by atoms with Crippen LogP contribution in [0.25, 0.3) is 0 Å². The second kappa shape index (κ2) is 11.5. The van der Waals surface area contributed by atoms with E-state index in [9.17, 15) is 14.0 Å². The molecule has 0 aromatic heterocycles. The molecule has 0 radical (unpaired) electrons. The quantitative estimate of drug-likeness (QED) is 0.588. The van der Waals surface area contributed by atoms with Crippen molar-refractivity contribution in [3.63, 3.8) is 0 Å². The summed E-state index contributed by atoms with van der Waals surface area (Å²) >= 11 is 0. The molecule has 1 fully saturated rings. The summed E-state index contributed by atoms with van der Waals surface area (Å²) in [6.45, 7) is 5.47. The van der Waals surface area contributed by atoms with E-state index in [0.29, 0.717) is 31.0 Å². The molecular weight excluding hydrogens is 397 g/mol. The first kappa shape index (κ1) is 22.7. The van der Waals surface area contributed by atoms with Crippen molar-refractivity contribution in [3.05, 3.63) is 59.4 Å². The highest BCUT2D eigenvalue weighted by Crippen LogP contribution is 2.27. The third kappa shape index (κ3) is 6.28. The van der Waals surface area contributed by atoms with Gasteiger partial charge in [0.05, 0.1) is 11.1 Å². The molecule has 1 aliphatic rings. The van der Waals surface area contributed by atoms with Crippen LogP contribution < -0.4 is 15.5 Å². The van der Waals surface area contributed by atoms with Gasteiger partial charge >= 0.3 is 0 Å². The summed E-state index contributed by atoms with van der Waals surface area (Å²) in [5.74, 6) is -1.33. The van der Waals surface area contributed by atoms with Gasteiger partial charge in [-0.15, -0.1) is 0 Å². The summed E-state index contributed by atoms with van der Waals surface area (Å²) in [5.41, 5.74) is 1.77. The maximum atomic E-state index is 13.9. The van der Waals surface area contributed by atoms with Crippen molar-refractivity contribution in [2.45, 2.75) is 32.6 Å². The molecule has 0 unspecified atom stereocenters. The normalized spacial score (nSPS) is 13.7. The van der Waals surface area contributed by atoms with E-state index < -0.39 is 11.7 Å². The van der Waals surface area contributed by atoms with Gasteiger partial charge in [0.1, 0.15) is 5.82 Å². The maximum Gasteiger partial charge on any atom is 0.258 e. The molecule has 0 spiro atoms. The first-order chi connectivity index (χ1) is 15.1. The van der Waals surface area contributed by atoms with E-state index in [2.05, 4.69) is 15.5 Å². The Balaban J connectivity index is 1.78. The minimum absolute atomic E-state index is 0.0375. The van der Waals surface area contributed by atoms with Crippen molar-refractivity contribution < 1.29 is 18.7 Å². The average molecular weight is 428 g/mol. The van der Waals surface area contributed by atoms with Crippen LogP contribution in [-0.4, -0.2) is 44.7 Å². The molecule has 2 aromatic rings. The predicted octanol–water partition coefficient (Wildman–Crippen LogP) is 4.22. The van der Waals surface area contributed by atoms with Gasteiger partial charge in [-0.25, -0.2) is 4.39 Å². The van der Waals surface area contributed by atoms with Crippen LogP contribution in [0.1, 0.15) is 53.3 Å². The van der Waals surface area contributed by atoms with Crippen LogP contribution in [0.2, 0.25) is 0 Å².